The van der Waals surface area contributed by atoms with Crippen molar-refractivity contribution in [3.63, 3.8) is 0 Å². The second-order valence-corrected chi connectivity index (χ2v) is 9.64. The number of carbonyl (C=O) groups is 1. The fraction of sp³-hybridized carbons (Fsp3) is 0.423. The zero-order valence-corrected chi connectivity index (χ0v) is 20.3. The lowest BCUT2D eigenvalue weighted by Gasteiger charge is -2.37. The molecule has 1 aromatic carbocycles. The first-order valence-corrected chi connectivity index (χ1v) is 11.9. The molecule has 2 N–H and O–H groups in total. The van der Waals surface area contributed by atoms with Crippen molar-refractivity contribution < 1.29 is 4.79 Å². The number of benzene rings is 1. The molecule has 3 heterocycles. The summed E-state index contributed by atoms with van der Waals surface area (Å²) < 4.78 is 1.95. The van der Waals surface area contributed by atoms with Gasteiger partial charge in [0, 0.05) is 23.7 Å². The Labute approximate surface area is 200 Å². The Balaban J connectivity index is 1.49. The van der Waals surface area contributed by atoms with Crippen molar-refractivity contribution in [1.29, 1.82) is 0 Å². The van der Waals surface area contributed by atoms with Crippen molar-refractivity contribution in [2.75, 3.05) is 17.2 Å². The van der Waals surface area contributed by atoms with E-state index in [0.29, 0.717) is 23.3 Å². The second kappa shape index (κ2) is 10.2. The third-order valence-electron chi connectivity index (χ3n) is 6.21. The summed E-state index contributed by atoms with van der Waals surface area (Å²) in [6.45, 7) is 9.48. The van der Waals surface area contributed by atoms with E-state index >= 15 is 0 Å². The highest BCUT2D eigenvalue weighted by Crippen LogP contribution is 2.40. The zero-order chi connectivity index (χ0) is 24.1. The molecule has 0 saturated carbocycles. The predicted octanol–water partition coefficient (Wildman–Crippen LogP) is 5.71. The molecule has 4 rings (SSSR count). The number of aliphatic imine (C=N–C) groups is 1. The maximum absolute atomic E-state index is 12.8. The number of aromatic nitrogens is 4. The number of amides is 2. The summed E-state index contributed by atoms with van der Waals surface area (Å²) in [6, 6.07) is 13.5. The van der Waals surface area contributed by atoms with Gasteiger partial charge in [0.05, 0.1) is 0 Å². The molecule has 0 aliphatic carbocycles. The highest BCUT2D eigenvalue weighted by molar-refractivity contribution is 5.99. The van der Waals surface area contributed by atoms with Crippen LogP contribution in [0.3, 0.4) is 0 Å². The summed E-state index contributed by atoms with van der Waals surface area (Å²) in [7, 11) is 0. The van der Waals surface area contributed by atoms with E-state index in [-0.39, 0.29) is 17.5 Å². The average Bonchev–Trinajstić information content (AvgIpc) is 3.30. The normalized spacial score (nSPS) is 17.8. The zero-order valence-electron chi connectivity index (χ0n) is 20.3. The molecule has 1 aliphatic rings. The molecule has 8 nitrogen and oxygen atoms in total. The summed E-state index contributed by atoms with van der Waals surface area (Å²) in [5.41, 5.74) is 2.72. The third kappa shape index (κ3) is 5.32. The molecule has 1 atom stereocenters. The third-order valence-corrected chi connectivity index (χ3v) is 6.21. The fourth-order valence-corrected chi connectivity index (χ4v) is 4.70. The number of pyridine rings is 1. The number of carbonyl (C=O) groups excluding carboxylic acids is 1. The molecule has 1 unspecified atom stereocenters. The number of hydrogen-bond acceptors (Lipinski definition) is 5. The van der Waals surface area contributed by atoms with Gasteiger partial charge in [0.1, 0.15) is 17.8 Å². The molecule has 1 aliphatic heterocycles. The Morgan fingerprint density at radius 2 is 1.94 bits per heavy atom. The molecule has 3 aromatic rings. The van der Waals surface area contributed by atoms with Gasteiger partial charge in [-0.15, -0.1) is 10.2 Å². The van der Waals surface area contributed by atoms with Crippen LogP contribution in [-0.2, 0) is 5.41 Å². The van der Waals surface area contributed by atoms with Crippen molar-refractivity contribution in [1.82, 2.24) is 19.7 Å². The van der Waals surface area contributed by atoms with Gasteiger partial charge in [-0.2, -0.15) is 0 Å². The van der Waals surface area contributed by atoms with Crippen LogP contribution in [0.25, 0.3) is 11.5 Å². The Hall–Kier alpha value is -3.55. The molecule has 34 heavy (non-hydrogen) atoms. The Kier molecular flexibility index (Phi) is 7.05. The van der Waals surface area contributed by atoms with Crippen LogP contribution in [0.4, 0.5) is 16.3 Å². The molecular formula is C26H33N7O. The van der Waals surface area contributed by atoms with Crippen molar-refractivity contribution in [3.05, 3.63) is 54.4 Å². The largest absolute Gasteiger partial charge is 0.324 e. The Bertz CT molecular complexity index is 1170. The van der Waals surface area contributed by atoms with Gasteiger partial charge < -0.3 is 9.88 Å². The van der Waals surface area contributed by atoms with Crippen LogP contribution >= 0.6 is 0 Å². The molecule has 178 valence electrons. The molecule has 2 aromatic heterocycles. The van der Waals surface area contributed by atoms with Crippen LogP contribution < -0.4 is 10.6 Å². The van der Waals surface area contributed by atoms with Gasteiger partial charge >= 0.3 is 6.03 Å². The lowest BCUT2D eigenvalue weighted by molar-refractivity contribution is 0.262. The number of nitrogens with one attached hydrogen (secondary N) is 2. The van der Waals surface area contributed by atoms with E-state index in [4.69, 9.17) is 0 Å². The first kappa shape index (κ1) is 23.6. The lowest BCUT2D eigenvalue weighted by Crippen LogP contribution is -2.32. The highest BCUT2D eigenvalue weighted by Gasteiger charge is 2.33. The summed E-state index contributed by atoms with van der Waals surface area (Å²) in [5, 5.41) is 14.0. The van der Waals surface area contributed by atoms with Gasteiger partial charge in [-0.1, -0.05) is 32.0 Å². The van der Waals surface area contributed by atoms with Crippen LogP contribution in [0.2, 0.25) is 0 Å². The van der Waals surface area contributed by atoms with E-state index in [2.05, 4.69) is 76.8 Å². The standard InChI is InChI=1S/C26H33N7O/c1-18(2)16-26(11-13-27-14-12-26)20-7-5-8-21(15-20)29-25(34)31-23-10-6-9-22(30-23)24-32-28-17-33(24)19(3)4/h5-10,13,15,17-19H,11-12,14,16H2,1-4H3,(H2,29,30,31,34). The lowest BCUT2D eigenvalue weighted by atomic mass is 9.69. The van der Waals surface area contributed by atoms with Crippen LogP contribution in [0, 0.1) is 5.92 Å². The SMILES string of the molecule is CC(C)CC1(c2cccc(NC(=O)Nc3cccc(-c4nncn4C(C)C)n3)c2)CC=NCC1. The molecule has 0 bridgehead atoms. The van der Waals surface area contributed by atoms with Crippen molar-refractivity contribution in [3.8, 4) is 11.5 Å². The molecule has 0 radical (unpaired) electrons. The number of nitrogens with zero attached hydrogens (tertiary/aromatic N) is 5. The molecule has 8 heteroatoms. The van der Waals surface area contributed by atoms with Crippen molar-refractivity contribution in [2.45, 2.75) is 58.4 Å². The quantitative estimate of drug-likeness (QED) is 0.473. The van der Waals surface area contributed by atoms with E-state index in [1.54, 1.807) is 12.4 Å². The number of urea groups is 1. The maximum atomic E-state index is 12.8. The number of hydrogen-bond donors (Lipinski definition) is 2. The van der Waals surface area contributed by atoms with E-state index in [0.717, 1.165) is 31.5 Å². The number of rotatable bonds is 7. The second-order valence-electron chi connectivity index (χ2n) is 9.64. The minimum atomic E-state index is -0.338. The van der Waals surface area contributed by atoms with Crippen molar-refractivity contribution in [2.24, 2.45) is 10.9 Å². The summed E-state index contributed by atoms with van der Waals surface area (Å²) in [5.74, 6) is 1.69. The fourth-order valence-electron chi connectivity index (χ4n) is 4.70. The van der Waals surface area contributed by atoms with E-state index < -0.39 is 0 Å². The summed E-state index contributed by atoms with van der Waals surface area (Å²) in [6.07, 6.45) is 6.78. The molecule has 2 amide bonds. The van der Waals surface area contributed by atoms with Crippen LogP contribution in [-0.4, -0.2) is 38.5 Å². The molecular weight excluding hydrogens is 426 g/mol. The first-order chi connectivity index (χ1) is 16.4. The van der Waals surface area contributed by atoms with E-state index in [1.165, 1.54) is 5.56 Å². The predicted molar refractivity (Wildman–Crippen MR) is 136 cm³/mol. The Morgan fingerprint density at radius 3 is 2.68 bits per heavy atom. The average molecular weight is 460 g/mol. The molecule has 0 saturated heterocycles. The van der Waals surface area contributed by atoms with Gasteiger partial charge in [0.2, 0.25) is 0 Å². The molecule has 0 fully saturated rings. The first-order valence-electron chi connectivity index (χ1n) is 11.9. The van der Waals surface area contributed by atoms with Gasteiger partial charge in [-0.3, -0.25) is 10.3 Å². The maximum Gasteiger partial charge on any atom is 0.324 e. The highest BCUT2D eigenvalue weighted by atomic mass is 16.2. The van der Waals surface area contributed by atoms with Gasteiger partial charge in [0.25, 0.3) is 0 Å². The van der Waals surface area contributed by atoms with Gasteiger partial charge in [-0.05, 0) is 75.1 Å². The van der Waals surface area contributed by atoms with E-state index in [1.807, 2.05) is 28.8 Å². The minimum absolute atomic E-state index is 0.0618. The topological polar surface area (TPSA) is 97.1 Å². The smallest absolute Gasteiger partial charge is 0.310 e. The summed E-state index contributed by atoms with van der Waals surface area (Å²) in [4.78, 5) is 21.8. The number of anilines is 2. The van der Waals surface area contributed by atoms with Crippen LogP contribution in [0.5, 0.6) is 0 Å². The van der Waals surface area contributed by atoms with Crippen LogP contribution in [0.15, 0.2) is 53.8 Å². The molecule has 0 spiro atoms. The van der Waals surface area contributed by atoms with Crippen molar-refractivity contribution >= 4 is 23.8 Å². The van der Waals surface area contributed by atoms with E-state index in [9.17, 15) is 4.79 Å². The minimum Gasteiger partial charge on any atom is -0.310 e. The van der Waals surface area contributed by atoms with Crippen LogP contribution in [0.1, 0.15) is 58.6 Å². The monoisotopic (exact) mass is 459 g/mol. The van der Waals surface area contributed by atoms with Gasteiger partial charge in [0.15, 0.2) is 5.82 Å². The van der Waals surface area contributed by atoms with Gasteiger partial charge in [-0.25, -0.2) is 9.78 Å². The Morgan fingerprint density at radius 1 is 1.12 bits per heavy atom. The summed E-state index contributed by atoms with van der Waals surface area (Å²) >= 11 is 0.